The second-order valence-electron chi connectivity index (χ2n) is 9.45. The minimum atomic E-state index is -3.69. The summed E-state index contributed by atoms with van der Waals surface area (Å²) < 4.78 is 34.2. The number of amides is 1. The van der Waals surface area contributed by atoms with E-state index in [1.807, 2.05) is 24.3 Å². The van der Waals surface area contributed by atoms with Gasteiger partial charge in [-0.1, -0.05) is 61.3 Å². The summed E-state index contributed by atoms with van der Waals surface area (Å²) in [6.07, 6.45) is 3.62. The zero-order valence-electron chi connectivity index (χ0n) is 20.1. The number of nitrogens with one attached hydrogen (secondary N) is 1. The number of carbonyl (C=O) groups excluding carboxylic acids is 1. The van der Waals surface area contributed by atoms with Crippen LogP contribution in [0.4, 0.5) is 0 Å². The van der Waals surface area contributed by atoms with Crippen LogP contribution in [0, 0.1) is 5.92 Å². The highest BCUT2D eigenvalue weighted by atomic mass is 35.5. The lowest BCUT2D eigenvalue weighted by Crippen LogP contribution is -2.49. The van der Waals surface area contributed by atoms with Gasteiger partial charge in [-0.25, -0.2) is 12.7 Å². The monoisotopic (exact) mass is 538 g/mol. The quantitative estimate of drug-likeness (QED) is 0.488. The number of piperidine rings is 1. The Morgan fingerprint density at radius 2 is 1.80 bits per heavy atom. The van der Waals surface area contributed by atoms with Gasteiger partial charge in [-0.2, -0.15) is 0 Å². The number of fused-ring (bicyclic) bond motifs is 1. The highest BCUT2D eigenvalue weighted by Crippen LogP contribution is 2.43. The zero-order valence-corrected chi connectivity index (χ0v) is 22.4. The molecule has 2 aliphatic heterocycles. The number of rotatable bonds is 7. The number of benzene rings is 2. The molecule has 35 heavy (non-hydrogen) atoms. The van der Waals surface area contributed by atoms with Crippen LogP contribution in [0.5, 0.6) is 5.75 Å². The average Bonchev–Trinajstić information content (AvgIpc) is 2.86. The molecule has 0 aromatic heterocycles. The molecule has 1 saturated heterocycles. The molecule has 1 N–H and O–H groups in total. The van der Waals surface area contributed by atoms with Crippen molar-refractivity contribution in [3.63, 3.8) is 0 Å². The van der Waals surface area contributed by atoms with Gasteiger partial charge in [-0.15, -0.1) is 0 Å². The van der Waals surface area contributed by atoms with Crippen molar-refractivity contribution in [1.82, 2.24) is 9.62 Å². The van der Waals surface area contributed by atoms with Crippen LogP contribution in [0.25, 0.3) is 0 Å². The van der Waals surface area contributed by atoms with E-state index in [1.54, 1.807) is 18.2 Å². The Labute approximate surface area is 218 Å². The molecule has 4 rings (SSSR count). The fourth-order valence-corrected chi connectivity index (χ4v) is 7.43. The fraction of sp³-hybridized carbons (Fsp3) is 0.500. The summed E-state index contributed by atoms with van der Waals surface area (Å²) in [4.78, 5) is 13.4. The summed E-state index contributed by atoms with van der Waals surface area (Å²) in [7, 11) is -3.69. The topological polar surface area (TPSA) is 75.7 Å². The van der Waals surface area contributed by atoms with Crippen molar-refractivity contribution in [3.8, 4) is 5.75 Å². The predicted octanol–water partition coefficient (Wildman–Crippen LogP) is 5.73. The standard InChI is InChI=1S/C26H32Cl2N2O4S/c1-3-26(4-2)15-23(19-10-5-6-13-24(19)34-26)29-25(31)18-9-8-14-30(16-18)35(32,33)17-20-21(27)11-7-12-22(20)28/h5-7,10-13,18,23H,3-4,8-9,14-17H2,1-2H3,(H,29,31)/t18-,23+/m0/s1. The molecule has 0 bridgehead atoms. The molecule has 2 atom stereocenters. The van der Waals surface area contributed by atoms with Gasteiger partial charge < -0.3 is 10.1 Å². The molecule has 0 saturated carbocycles. The molecule has 0 radical (unpaired) electrons. The highest BCUT2D eigenvalue weighted by molar-refractivity contribution is 7.88. The number of carbonyl (C=O) groups is 1. The van der Waals surface area contributed by atoms with Crippen molar-refractivity contribution in [3.05, 3.63) is 63.6 Å². The third-order valence-electron chi connectivity index (χ3n) is 7.34. The van der Waals surface area contributed by atoms with Gasteiger partial charge in [0.1, 0.15) is 11.4 Å². The Morgan fingerprint density at radius 1 is 1.11 bits per heavy atom. The second kappa shape index (κ2) is 10.7. The predicted molar refractivity (Wildman–Crippen MR) is 139 cm³/mol. The van der Waals surface area contributed by atoms with Crippen LogP contribution < -0.4 is 10.1 Å². The maximum atomic E-state index is 13.4. The van der Waals surface area contributed by atoms with Gasteiger partial charge in [0.25, 0.3) is 0 Å². The molecule has 2 aromatic rings. The van der Waals surface area contributed by atoms with E-state index in [0.29, 0.717) is 41.4 Å². The lowest BCUT2D eigenvalue weighted by molar-refractivity contribution is -0.127. The minimum Gasteiger partial charge on any atom is -0.487 e. The number of halogens is 2. The molecule has 2 heterocycles. The molecule has 2 aliphatic rings. The van der Waals surface area contributed by atoms with E-state index in [0.717, 1.165) is 24.2 Å². The van der Waals surface area contributed by atoms with Crippen LogP contribution in [-0.2, 0) is 20.6 Å². The molecular weight excluding hydrogens is 507 g/mol. The number of sulfonamides is 1. The smallest absolute Gasteiger partial charge is 0.224 e. The first-order chi connectivity index (χ1) is 16.7. The van der Waals surface area contributed by atoms with E-state index >= 15 is 0 Å². The Hall–Kier alpha value is -1.80. The van der Waals surface area contributed by atoms with E-state index in [1.165, 1.54) is 4.31 Å². The van der Waals surface area contributed by atoms with Crippen LogP contribution in [0.2, 0.25) is 10.0 Å². The third kappa shape index (κ3) is 5.63. The first-order valence-corrected chi connectivity index (χ1v) is 14.5. The molecule has 1 fully saturated rings. The van der Waals surface area contributed by atoms with Gasteiger partial charge in [0.05, 0.1) is 17.7 Å². The summed E-state index contributed by atoms with van der Waals surface area (Å²) in [6.45, 7) is 4.73. The van der Waals surface area contributed by atoms with Crippen molar-refractivity contribution in [2.24, 2.45) is 5.92 Å². The molecule has 1 amide bonds. The number of nitrogens with zero attached hydrogens (tertiary/aromatic N) is 1. The van der Waals surface area contributed by atoms with Crippen molar-refractivity contribution >= 4 is 39.1 Å². The van der Waals surface area contributed by atoms with Gasteiger partial charge in [0.15, 0.2) is 0 Å². The maximum absolute atomic E-state index is 13.4. The Balaban J connectivity index is 1.49. The third-order valence-corrected chi connectivity index (χ3v) is 9.82. The molecule has 0 unspecified atom stereocenters. The number of ether oxygens (including phenoxy) is 1. The van der Waals surface area contributed by atoms with E-state index in [2.05, 4.69) is 19.2 Å². The van der Waals surface area contributed by atoms with Gasteiger partial charge in [0.2, 0.25) is 15.9 Å². The number of para-hydroxylation sites is 1. The molecular formula is C26H32Cl2N2O4S. The van der Waals surface area contributed by atoms with Crippen molar-refractivity contribution in [1.29, 1.82) is 0 Å². The largest absolute Gasteiger partial charge is 0.487 e. The van der Waals surface area contributed by atoms with Crippen LogP contribution in [0.15, 0.2) is 42.5 Å². The lowest BCUT2D eigenvalue weighted by Gasteiger charge is -2.42. The molecule has 190 valence electrons. The first-order valence-electron chi connectivity index (χ1n) is 12.2. The van der Waals surface area contributed by atoms with E-state index in [-0.39, 0.29) is 29.8 Å². The summed E-state index contributed by atoms with van der Waals surface area (Å²) in [5.41, 5.74) is 1.02. The Kier molecular flexibility index (Phi) is 8.01. The summed E-state index contributed by atoms with van der Waals surface area (Å²) in [5.74, 6) is -0.0310. The molecule has 0 spiro atoms. The molecule has 0 aliphatic carbocycles. The zero-order chi connectivity index (χ0) is 25.2. The molecule has 2 aromatic carbocycles. The van der Waals surface area contributed by atoms with E-state index in [4.69, 9.17) is 27.9 Å². The van der Waals surface area contributed by atoms with Gasteiger partial charge in [-0.05, 0) is 43.9 Å². The van der Waals surface area contributed by atoms with Crippen LogP contribution in [0.1, 0.15) is 63.1 Å². The van der Waals surface area contributed by atoms with E-state index in [9.17, 15) is 13.2 Å². The maximum Gasteiger partial charge on any atom is 0.224 e. The summed E-state index contributed by atoms with van der Waals surface area (Å²) >= 11 is 12.4. The van der Waals surface area contributed by atoms with Gasteiger partial charge >= 0.3 is 0 Å². The summed E-state index contributed by atoms with van der Waals surface area (Å²) in [6, 6.07) is 12.6. The fourth-order valence-electron chi connectivity index (χ4n) is 5.07. The SMILES string of the molecule is CCC1(CC)C[C@@H](NC(=O)[C@H]2CCCN(S(=O)(=O)Cc3c(Cl)cccc3Cl)C2)c2ccccc2O1. The van der Waals surface area contributed by atoms with Crippen molar-refractivity contribution in [2.75, 3.05) is 13.1 Å². The van der Waals surface area contributed by atoms with Crippen LogP contribution in [-0.4, -0.2) is 37.3 Å². The number of hydrogen-bond donors (Lipinski definition) is 1. The van der Waals surface area contributed by atoms with E-state index < -0.39 is 15.9 Å². The first kappa shape index (κ1) is 26.3. The van der Waals surface area contributed by atoms with Crippen LogP contribution >= 0.6 is 23.2 Å². The minimum absolute atomic E-state index is 0.122. The highest BCUT2D eigenvalue weighted by Gasteiger charge is 2.40. The lowest BCUT2D eigenvalue weighted by atomic mass is 9.83. The van der Waals surface area contributed by atoms with Gasteiger partial charge in [-0.3, -0.25) is 4.79 Å². The molecule has 9 heteroatoms. The normalized spacial score (nSPS) is 22.2. The van der Waals surface area contributed by atoms with Crippen LogP contribution in [0.3, 0.4) is 0 Å². The van der Waals surface area contributed by atoms with Gasteiger partial charge in [0, 0.05) is 40.7 Å². The summed E-state index contributed by atoms with van der Waals surface area (Å²) in [5, 5.41) is 3.87. The molecule has 6 nitrogen and oxygen atoms in total. The average molecular weight is 540 g/mol. The second-order valence-corrected chi connectivity index (χ2v) is 12.2. The Bertz CT molecular complexity index is 1160. The number of hydrogen-bond acceptors (Lipinski definition) is 4. The van der Waals surface area contributed by atoms with Crippen molar-refractivity contribution in [2.45, 2.75) is 63.3 Å². The Morgan fingerprint density at radius 3 is 2.49 bits per heavy atom. The van der Waals surface area contributed by atoms with Crippen molar-refractivity contribution < 1.29 is 17.9 Å².